The summed E-state index contributed by atoms with van der Waals surface area (Å²) in [7, 11) is -3.68. The van der Waals surface area contributed by atoms with Crippen LogP contribution in [0, 0.1) is 0 Å². The number of benzene rings is 1. The van der Waals surface area contributed by atoms with Gasteiger partial charge in [-0.2, -0.15) is 0 Å². The molecular formula is C20H19ClN4O3S2. The summed E-state index contributed by atoms with van der Waals surface area (Å²) in [5.74, 6) is 0.230. The molecule has 10 heteroatoms. The number of sulfonamides is 1. The Morgan fingerprint density at radius 3 is 2.80 bits per heavy atom. The highest BCUT2D eigenvalue weighted by atomic mass is 35.5. The molecular weight excluding hydrogens is 444 g/mol. The third kappa shape index (κ3) is 4.33. The molecule has 0 aliphatic carbocycles. The van der Waals surface area contributed by atoms with E-state index < -0.39 is 15.5 Å². The minimum absolute atomic E-state index is 0.157. The molecule has 156 valence electrons. The molecule has 1 aliphatic rings. The van der Waals surface area contributed by atoms with Crippen molar-refractivity contribution in [2.24, 2.45) is 0 Å². The maximum Gasteiger partial charge on any atom is 0.271 e. The van der Waals surface area contributed by atoms with E-state index in [1.807, 2.05) is 6.07 Å². The van der Waals surface area contributed by atoms with Crippen molar-refractivity contribution in [2.45, 2.75) is 31.6 Å². The number of aromatic nitrogens is 3. The van der Waals surface area contributed by atoms with Crippen LogP contribution in [0.25, 0.3) is 21.8 Å². The molecule has 4 rings (SSSR count). The smallest absolute Gasteiger partial charge is 0.271 e. The molecule has 30 heavy (non-hydrogen) atoms. The van der Waals surface area contributed by atoms with Gasteiger partial charge in [0.25, 0.3) is 10.0 Å². The first-order valence-corrected chi connectivity index (χ1v) is 12.0. The third-order valence-corrected chi connectivity index (χ3v) is 7.47. The number of halogens is 1. The van der Waals surface area contributed by atoms with Gasteiger partial charge in [-0.25, -0.2) is 23.4 Å². The molecule has 1 atom stereocenters. The highest BCUT2D eigenvalue weighted by molar-refractivity contribution is 7.93. The van der Waals surface area contributed by atoms with Crippen molar-refractivity contribution in [3.8, 4) is 21.8 Å². The van der Waals surface area contributed by atoms with Gasteiger partial charge in [0, 0.05) is 29.8 Å². The largest absolute Gasteiger partial charge is 0.480 e. The zero-order valence-electron chi connectivity index (χ0n) is 16.2. The molecule has 0 spiro atoms. The molecule has 0 fully saturated rings. The van der Waals surface area contributed by atoms with Crippen LogP contribution in [0.3, 0.4) is 0 Å². The normalized spacial score (nSPS) is 16.1. The molecule has 1 aliphatic heterocycles. The van der Waals surface area contributed by atoms with Crippen molar-refractivity contribution in [2.75, 3.05) is 4.72 Å². The second kappa shape index (κ2) is 8.33. The molecule has 0 saturated carbocycles. The fourth-order valence-corrected chi connectivity index (χ4v) is 5.31. The quantitative estimate of drug-likeness (QED) is 0.515. The van der Waals surface area contributed by atoms with E-state index in [1.54, 1.807) is 36.5 Å². The van der Waals surface area contributed by atoms with Crippen LogP contribution in [0.1, 0.15) is 31.2 Å². The van der Waals surface area contributed by atoms with Crippen LogP contribution < -0.4 is 4.72 Å². The van der Waals surface area contributed by atoms with Crippen LogP contribution in [0.2, 0.25) is 5.28 Å². The van der Waals surface area contributed by atoms with Gasteiger partial charge in [-0.05, 0) is 35.9 Å². The van der Waals surface area contributed by atoms with E-state index in [9.17, 15) is 8.42 Å². The number of hydrogen-bond acceptors (Lipinski definition) is 7. The molecule has 2 aromatic heterocycles. The van der Waals surface area contributed by atoms with E-state index in [4.69, 9.17) is 21.3 Å². The Morgan fingerprint density at radius 1 is 1.27 bits per heavy atom. The van der Waals surface area contributed by atoms with Gasteiger partial charge < -0.3 is 4.74 Å². The van der Waals surface area contributed by atoms with Crippen LogP contribution in [-0.4, -0.2) is 28.8 Å². The van der Waals surface area contributed by atoms with E-state index in [0.29, 0.717) is 17.8 Å². The maximum absolute atomic E-state index is 12.5. The summed E-state index contributed by atoms with van der Waals surface area (Å²) in [6, 6.07) is 8.90. The maximum atomic E-state index is 12.5. The van der Waals surface area contributed by atoms with Crippen molar-refractivity contribution >= 4 is 38.6 Å². The summed E-state index contributed by atoms with van der Waals surface area (Å²) in [6.45, 7) is 4.14. The van der Waals surface area contributed by atoms with Gasteiger partial charge in [-0.1, -0.05) is 26.0 Å². The molecule has 1 N–H and O–H groups in total. The molecule has 3 heterocycles. The number of anilines is 1. The van der Waals surface area contributed by atoms with E-state index in [2.05, 4.69) is 28.5 Å². The van der Waals surface area contributed by atoms with Crippen LogP contribution in [0.15, 0.2) is 48.9 Å². The predicted molar refractivity (Wildman–Crippen MR) is 119 cm³/mol. The Labute approximate surface area is 183 Å². The van der Waals surface area contributed by atoms with Crippen molar-refractivity contribution in [3.63, 3.8) is 0 Å². The lowest BCUT2D eigenvalue weighted by Crippen LogP contribution is -2.26. The standard InChI is InChI=1S/C20H19ClN4O3S2/c1-12(2)19-24-17(18(29-19)15-8-9-22-20(21)23-15)13-5-3-6-14(11-13)25-30(26,27)16-7-4-10-28-16/h3-6,8-12,16,25H,7H2,1-2H3. The number of rotatable bonds is 6. The van der Waals surface area contributed by atoms with Crippen LogP contribution in [-0.2, 0) is 14.8 Å². The predicted octanol–water partition coefficient (Wildman–Crippen LogP) is 5.05. The summed E-state index contributed by atoms with van der Waals surface area (Å²) < 4.78 is 32.9. The average Bonchev–Trinajstić information content (AvgIpc) is 3.39. The molecule has 0 radical (unpaired) electrons. The summed E-state index contributed by atoms with van der Waals surface area (Å²) in [4.78, 5) is 13.9. The van der Waals surface area contributed by atoms with Gasteiger partial charge in [0.1, 0.15) is 0 Å². The number of nitrogens with zero attached hydrogens (tertiary/aromatic N) is 3. The van der Waals surface area contributed by atoms with Crippen molar-refractivity contribution in [1.29, 1.82) is 0 Å². The van der Waals surface area contributed by atoms with Crippen LogP contribution in [0.5, 0.6) is 0 Å². The summed E-state index contributed by atoms with van der Waals surface area (Å²) >= 11 is 7.53. The highest BCUT2D eigenvalue weighted by Gasteiger charge is 2.28. The summed E-state index contributed by atoms with van der Waals surface area (Å²) in [5.41, 5.74) is 1.68. The summed E-state index contributed by atoms with van der Waals surface area (Å²) in [5, 5.41) is 1.11. The van der Waals surface area contributed by atoms with Gasteiger partial charge in [0.2, 0.25) is 10.7 Å². The minimum atomic E-state index is -3.68. The first-order valence-electron chi connectivity index (χ1n) is 9.25. The molecule has 7 nitrogen and oxygen atoms in total. The lowest BCUT2D eigenvalue weighted by atomic mass is 10.1. The second-order valence-corrected chi connectivity index (χ2v) is 10.2. The Hall–Kier alpha value is -2.49. The number of ether oxygens (including phenoxy) is 1. The van der Waals surface area contributed by atoms with Crippen molar-refractivity contribution < 1.29 is 13.2 Å². The molecule has 1 unspecified atom stereocenters. The Balaban J connectivity index is 1.73. The molecule has 0 bridgehead atoms. The summed E-state index contributed by atoms with van der Waals surface area (Å²) in [6.07, 6.45) is 5.01. The molecule has 3 aromatic rings. The fraction of sp³-hybridized carbons (Fsp3) is 0.250. The zero-order chi connectivity index (χ0) is 21.3. The lowest BCUT2D eigenvalue weighted by Gasteiger charge is -2.14. The van der Waals surface area contributed by atoms with Gasteiger partial charge in [-0.3, -0.25) is 4.72 Å². The topological polar surface area (TPSA) is 94.1 Å². The zero-order valence-corrected chi connectivity index (χ0v) is 18.6. The van der Waals surface area contributed by atoms with Crippen molar-refractivity contribution in [1.82, 2.24) is 15.0 Å². The number of thiazole rings is 1. The highest BCUT2D eigenvalue weighted by Crippen LogP contribution is 2.39. The fourth-order valence-electron chi connectivity index (χ4n) is 2.94. The monoisotopic (exact) mass is 462 g/mol. The Morgan fingerprint density at radius 2 is 2.10 bits per heavy atom. The first kappa shape index (κ1) is 20.8. The van der Waals surface area contributed by atoms with Crippen LogP contribution >= 0.6 is 22.9 Å². The van der Waals surface area contributed by atoms with Crippen LogP contribution in [0.4, 0.5) is 5.69 Å². The first-order chi connectivity index (χ1) is 14.3. The van der Waals surface area contributed by atoms with Gasteiger partial charge >= 0.3 is 0 Å². The third-order valence-electron chi connectivity index (χ3n) is 4.39. The van der Waals surface area contributed by atoms with E-state index >= 15 is 0 Å². The van der Waals surface area contributed by atoms with Gasteiger partial charge in [0.05, 0.1) is 27.5 Å². The van der Waals surface area contributed by atoms with Gasteiger partial charge in [0.15, 0.2) is 0 Å². The average molecular weight is 463 g/mol. The molecule has 1 aromatic carbocycles. The van der Waals surface area contributed by atoms with E-state index in [0.717, 1.165) is 21.1 Å². The lowest BCUT2D eigenvalue weighted by molar-refractivity contribution is 0.238. The SMILES string of the molecule is CC(C)c1nc(-c2cccc(NS(=O)(=O)C3CC=CO3)c2)c(-c2ccnc(Cl)n2)s1. The van der Waals surface area contributed by atoms with Gasteiger partial charge in [-0.15, -0.1) is 11.3 Å². The number of hydrogen-bond donors (Lipinski definition) is 1. The Kier molecular flexibility index (Phi) is 5.77. The minimum Gasteiger partial charge on any atom is -0.480 e. The molecule has 0 saturated heterocycles. The second-order valence-electron chi connectivity index (χ2n) is 7.00. The number of nitrogens with one attached hydrogen (secondary N) is 1. The van der Waals surface area contributed by atoms with Crippen molar-refractivity contribution in [3.05, 3.63) is 59.2 Å². The van der Waals surface area contributed by atoms with E-state index in [1.165, 1.54) is 17.6 Å². The molecule has 0 amide bonds. The van der Waals surface area contributed by atoms with E-state index in [-0.39, 0.29) is 11.2 Å². The Bertz CT molecular complexity index is 1200.